The Bertz CT molecular complexity index is 3.25. The molecule has 37 valence electrons. The average molecular weight is 374 g/mol. The second-order valence-electron chi connectivity index (χ2n) is 0. The van der Waals surface area contributed by atoms with Crippen molar-refractivity contribution >= 4 is 0 Å². The van der Waals surface area contributed by atoms with Gasteiger partial charge >= 0.3 is 0 Å². The molecule has 0 aromatic carbocycles. The van der Waals surface area contributed by atoms with E-state index >= 15 is 0 Å². The molecule has 0 heterocycles. The quantitative estimate of drug-likeness (QED) is 0.524. The van der Waals surface area contributed by atoms with Crippen LogP contribution in [0.25, 0.3) is 0 Å². The molecule has 0 bridgehead atoms. The van der Waals surface area contributed by atoms with Gasteiger partial charge in [0.1, 0.15) is 0 Å². The Morgan fingerprint density at radius 3 is 0.500 bits per heavy atom. The van der Waals surface area contributed by atoms with Crippen LogP contribution in [0.5, 0.6) is 0 Å². The second-order valence-corrected chi connectivity index (χ2v) is 0. The fraction of sp³-hybridized carbons (Fsp3) is 0. The van der Waals surface area contributed by atoms with Crippen LogP contribution in [0.3, 0.4) is 0 Å². The van der Waals surface area contributed by atoms with E-state index in [4.69, 9.17) is 0 Å². The van der Waals surface area contributed by atoms with Crippen LogP contribution >= 0.6 is 0 Å². The smallest absolute Gasteiger partial charge is 0 e. The van der Waals surface area contributed by atoms with Gasteiger partial charge in [-0.3, -0.25) is 0 Å². The van der Waals surface area contributed by atoms with E-state index in [1.165, 1.54) is 0 Å². The Hall–Kier alpha value is 2.51. The molecule has 0 amide bonds. The standard InChI is InChI=1S/Mn.3Pd. The SMILES string of the molecule is [Mn].[Pd].[Pd].[Pd]. The summed E-state index contributed by atoms with van der Waals surface area (Å²) in [5.74, 6) is 0. The predicted octanol–water partition coefficient (Wildman–Crippen LogP) is -0.0100. The zero-order valence-corrected chi connectivity index (χ0v) is 7.17. The molecule has 0 aromatic rings. The Labute approximate surface area is 77.3 Å². The first-order valence-corrected chi connectivity index (χ1v) is 0. The maximum atomic E-state index is 0. The van der Waals surface area contributed by atoms with E-state index in [2.05, 4.69) is 0 Å². The van der Waals surface area contributed by atoms with Gasteiger partial charge in [-0.1, -0.05) is 0 Å². The fourth-order valence-corrected chi connectivity index (χ4v) is 0. The Balaban J connectivity index is 0. The molecule has 0 aromatic heterocycles. The van der Waals surface area contributed by atoms with Crippen molar-refractivity contribution in [2.24, 2.45) is 0 Å². The summed E-state index contributed by atoms with van der Waals surface area (Å²) in [6, 6.07) is 0. The van der Waals surface area contributed by atoms with Crippen molar-refractivity contribution in [1.29, 1.82) is 0 Å². The third-order valence-corrected chi connectivity index (χ3v) is 0. The van der Waals surface area contributed by atoms with Gasteiger partial charge in [-0.2, -0.15) is 0 Å². The number of rotatable bonds is 0. The molecule has 1 radical (unpaired) electrons. The molecule has 0 aliphatic heterocycles. The maximum absolute atomic E-state index is 0. The summed E-state index contributed by atoms with van der Waals surface area (Å²) in [4.78, 5) is 0. The van der Waals surface area contributed by atoms with E-state index in [0.717, 1.165) is 0 Å². The van der Waals surface area contributed by atoms with Crippen LogP contribution in [0, 0.1) is 0 Å². The normalized spacial score (nSPS) is 0. The molecule has 0 unspecified atom stereocenters. The first-order chi connectivity index (χ1) is 0. The first kappa shape index (κ1) is 31.4. The average Bonchev–Trinajstić information content (AvgIpc) is 0. The van der Waals surface area contributed by atoms with E-state index in [9.17, 15) is 0 Å². The van der Waals surface area contributed by atoms with Crippen molar-refractivity contribution in [1.82, 2.24) is 0 Å². The minimum absolute atomic E-state index is 0. The summed E-state index contributed by atoms with van der Waals surface area (Å²) in [5.41, 5.74) is 0. The van der Waals surface area contributed by atoms with E-state index in [0.29, 0.717) is 0 Å². The van der Waals surface area contributed by atoms with Gasteiger partial charge in [0.15, 0.2) is 0 Å². The molecule has 0 aliphatic carbocycles. The summed E-state index contributed by atoms with van der Waals surface area (Å²) >= 11 is 0. The minimum atomic E-state index is 0. The largest absolute Gasteiger partial charge is 0 e. The molecule has 0 fully saturated rings. The predicted molar refractivity (Wildman–Crippen MR) is 0 cm³/mol. The van der Waals surface area contributed by atoms with E-state index in [-0.39, 0.29) is 78.3 Å². The molecule has 0 saturated heterocycles. The van der Waals surface area contributed by atoms with Gasteiger partial charge in [-0.25, -0.2) is 0 Å². The summed E-state index contributed by atoms with van der Waals surface area (Å²) in [7, 11) is 0. The third-order valence-electron chi connectivity index (χ3n) is 0. The van der Waals surface area contributed by atoms with E-state index in [1.54, 1.807) is 0 Å². The number of hydrogen-bond acceptors (Lipinski definition) is 0. The van der Waals surface area contributed by atoms with Crippen LogP contribution in [0.2, 0.25) is 0 Å². The molecule has 0 rings (SSSR count). The van der Waals surface area contributed by atoms with Gasteiger partial charge in [0.2, 0.25) is 0 Å². The van der Waals surface area contributed by atoms with E-state index < -0.39 is 0 Å². The van der Waals surface area contributed by atoms with Crippen LogP contribution in [0.4, 0.5) is 0 Å². The second kappa shape index (κ2) is 17.8. The molecule has 0 saturated carbocycles. The van der Waals surface area contributed by atoms with Gasteiger partial charge in [-0.15, -0.1) is 0 Å². The van der Waals surface area contributed by atoms with Crippen molar-refractivity contribution in [3.8, 4) is 0 Å². The van der Waals surface area contributed by atoms with Crippen LogP contribution < -0.4 is 0 Å². The van der Waals surface area contributed by atoms with Crippen LogP contribution in [-0.4, -0.2) is 0 Å². The van der Waals surface area contributed by atoms with Crippen LogP contribution in [-0.2, 0) is 78.3 Å². The molecule has 0 spiro atoms. The van der Waals surface area contributed by atoms with Gasteiger partial charge in [0.05, 0.1) is 0 Å². The van der Waals surface area contributed by atoms with Crippen molar-refractivity contribution < 1.29 is 78.3 Å². The van der Waals surface area contributed by atoms with Gasteiger partial charge < -0.3 is 0 Å². The monoisotopic (exact) mass is 373 g/mol. The minimum Gasteiger partial charge on any atom is 0 e. The number of hydrogen-bond donors (Lipinski definition) is 0. The molecule has 0 N–H and O–H groups in total. The zero-order valence-electron chi connectivity index (χ0n) is 1.33. The van der Waals surface area contributed by atoms with Gasteiger partial charge in [-0.05, 0) is 0 Å². The van der Waals surface area contributed by atoms with Crippen LogP contribution in [0.1, 0.15) is 0 Å². The van der Waals surface area contributed by atoms with Crippen molar-refractivity contribution in [2.75, 3.05) is 0 Å². The zero-order chi connectivity index (χ0) is 0. The van der Waals surface area contributed by atoms with Crippen molar-refractivity contribution in [3.63, 3.8) is 0 Å². The Morgan fingerprint density at radius 1 is 0.500 bits per heavy atom. The first-order valence-electron chi connectivity index (χ1n) is 0. The molecule has 0 aliphatic rings. The maximum Gasteiger partial charge on any atom is 0 e. The van der Waals surface area contributed by atoms with Crippen molar-refractivity contribution in [2.45, 2.75) is 0 Å². The summed E-state index contributed by atoms with van der Waals surface area (Å²) in [6.07, 6.45) is 0. The molecule has 0 atom stereocenters. The van der Waals surface area contributed by atoms with Crippen molar-refractivity contribution in [3.05, 3.63) is 0 Å². The van der Waals surface area contributed by atoms with Gasteiger partial charge in [0.25, 0.3) is 0 Å². The molecule has 0 nitrogen and oxygen atoms in total. The molecule has 4 heavy (non-hydrogen) atoms. The van der Waals surface area contributed by atoms with E-state index in [1.807, 2.05) is 0 Å². The Morgan fingerprint density at radius 2 is 0.500 bits per heavy atom. The molecular formula is MnPd3. The fourth-order valence-electron chi connectivity index (χ4n) is 0. The third kappa shape index (κ3) is 8.82. The summed E-state index contributed by atoms with van der Waals surface area (Å²) < 4.78 is 0. The van der Waals surface area contributed by atoms with Crippen LogP contribution in [0.15, 0.2) is 0 Å². The summed E-state index contributed by atoms with van der Waals surface area (Å²) in [5, 5.41) is 0. The molecular weight excluding hydrogens is 374 g/mol. The Kier molecular flexibility index (Phi) is 140. The molecule has 4 heteroatoms. The topological polar surface area (TPSA) is 0 Å². The summed E-state index contributed by atoms with van der Waals surface area (Å²) in [6.45, 7) is 0. The van der Waals surface area contributed by atoms with Gasteiger partial charge in [0, 0.05) is 78.3 Å².